The van der Waals surface area contributed by atoms with E-state index in [1.165, 1.54) is 19.5 Å². The van der Waals surface area contributed by atoms with Crippen LogP contribution in [0.1, 0.15) is 26.7 Å². The Morgan fingerprint density at radius 1 is 1.47 bits per heavy atom. The third kappa shape index (κ3) is 4.49. The standard InChI is InChI=1S/C12H26N2O/c1-10(7-11(2)15)14(4)9-12-5-6-13(3)8-12/h10-12,15H,5-9H2,1-4H3. The summed E-state index contributed by atoms with van der Waals surface area (Å²) in [5, 5.41) is 9.34. The van der Waals surface area contributed by atoms with Gasteiger partial charge in [-0.25, -0.2) is 0 Å². The van der Waals surface area contributed by atoms with Crippen LogP contribution in [0.3, 0.4) is 0 Å². The quantitative estimate of drug-likeness (QED) is 0.740. The molecule has 1 heterocycles. The highest BCUT2D eigenvalue weighted by atomic mass is 16.3. The molecular weight excluding hydrogens is 188 g/mol. The number of hydrogen-bond donors (Lipinski definition) is 1. The minimum absolute atomic E-state index is 0.186. The highest BCUT2D eigenvalue weighted by Gasteiger charge is 2.22. The third-order valence-corrected chi connectivity index (χ3v) is 3.47. The first kappa shape index (κ1) is 12.9. The summed E-state index contributed by atoms with van der Waals surface area (Å²) in [4.78, 5) is 4.79. The van der Waals surface area contributed by atoms with Gasteiger partial charge >= 0.3 is 0 Å². The molecule has 0 radical (unpaired) electrons. The fourth-order valence-electron chi connectivity index (χ4n) is 2.44. The minimum atomic E-state index is -0.186. The molecule has 3 atom stereocenters. The zero-order valence-electron chi connectivity index (χ0n) is 10.6. The van der Waals surface area contributed by atoms with Crippen molar-refractivity contribution in [1.29, 1.82) is 0 Å². The molecule has 3 nitrogen and oxygen atoms in total. The summed E-state index contributed by atoms with van der Waals surface area (Å²) in [7, 11) is 4.37. The number of aliphatic hydroxyl groups excluding tert-OH is 1. The lowest BCUT2D eigenvalue weighted by Crippen LogP contribution is -2.36. The monoisotopic (exact) mass is 214 g/mol. The molecule has 0 amide bonds. The van der Waals surface area contributed by atoms with Crippen LogP contribution in [0.15, 0.2) is 0 Å². The second-order valence-electron chi connectivity index (χ2n) is 5.29. The Bertz CT molecular complexity index is 184. The number of nitrogens with zero attached hydrogens (tertiary/aromatic N) is 2. The van der Waals surface area contributed by atoms with Crippen molar-refractivity contribution < 1.29 is 5.11 Å². The summed E-state index contributed by atoms with van der Waals surface area (Å²) in [5.41, 5.74) is 0. The molecule has 3 heteroatoms. The Balaban J connectivity index is 2.25. The molecule has 3 unspecified atom stereocenters. The lowest BCUT2D eigenvalue weighted by molar-refractivity contribution is 0.125. The molecule has 1 aliphatic heterocycles. The van der Waals surface area contributed by atoms with Gasteiger partial charge in [0.15, 0.2) is 0 Å². The molecule has 0 aliphatic carbocycles. The zero-order valence-corrected chi connectivity index (χ0v) is 10.6. The second kappa shape index (κ2) is 5.83. The lowest BCUT2D eigenvalue weighted by Gasteiger charge is -2.28. The molecular formula is C12H26N2O. The van der Waals surface area contributed by atoms with Gasteiger partial charge in [0, 0.05) is 19.1 Å². The molecule has 0 spiro atoms. The van der Waals surface area contributed by atoms with Gasteiger partial charge < -0.3 is 14.9 Å². The number of hydrogen-bond acceptors (Lipinski definition) is 3. The van der Waals surface area contributed by atoms with Gasteiger partial charge in [0.05, 0.1) is 6.10 Å². The van der Waals surface area contributed by atoms with Crippen molar-refractivity contribution in [3.8, 4) is 0 Å². The molecule has 1 fully saturated rings. The molecule has 0 aromatic carbocycles. The SMILES string of the molecule is CC(O)CC(C)N(C)CC1CCN(C)C1. The number of likely N-dealkylation sites (tertiary alicyclic amines) is 1. The maximum atomic E-state index is 9.34. The first-order chi connectivity index (χ1) is 6.99. The van der Waals surface area contributed by atoms with Crippen molar-refractivity contribution >= 4 is 0 Å². The van der Waals surface area contributed by atoms with Crippen molar-refractivity contribution in [3.63, 3.8) is 0 Å². The summed E-state index contributed by atoms with van der Waals surface area (Å²) in [6, 6.07) is 0.482. The highest BCUT2D eigenvalue weighted by Crippen LogP contribution is 2.17. The smallest absolute Gasteiger partial charge is 0.0526 e. The van der Waals surface area contributed by atoms with Gasteiger partial charge in [-0.2, -0.15) is 0 Å². The number of rotatable bonds is 5. The van der Waals surface area contributed by atoms with Crippen LogP contribution in [0.25, 0.3) is 0 Å². The largest absolute Gasteiger partial charge is 0.393 e. The van der Waals surface area contributed by atoms with Crippen LogP contribution in [0.4, 0.5) is 0 Å². The van der Waals surface area contributed by atoms with E-state index in [4.69, 9.17) is 0 Å². The maximum Gasteiger partial charge on any atom is 0.0526 e. The van der Waals surface area contributed by atoms with E-state index in [1.54, 1.807) is 0 Å². The topological polar surface area (TPSA) is 26.7 Å². The summed E-state index contributed by atoms with van der Waals surface area (Å²) < 4.78 is 0. The van der Waals surface area contributed by atoms with Gasteiger partial charge in [-0.15, -0.1) is 0 Å². The van der Waals surface area contributed by atoms with Gasteiger partial charge in [-0.3, -0.25) is 0 Å². The van der Waals surface area contributed by atoms with E-state index in [-0.39, 0.29) is 6.10 Å². The van der Waals surface area contributed by atoms with Crippen LogP contribution in [0.5, 0.6) is 0 Å². The molecule has 1 rings (SSSR count). The van der Waals surface area contributed by atoms with Gasteiger partial charge in [-0.05, 0) is 53.2 Å². The van der Waals surface area contributed by atoms with E-state index in [0.29, 0.717) is 6.04 Å². The van der Waals surface area contributed by atoms with Crippen molar-refractivity contribution in [1.82, 2.24) is 9.80 Å². The van der Waals surface area contributed by atoms with Crippen LogP contribution in [0, 0.1) is 5.92 Å². The van der Waals surface area contributed by atoms with E-state index < -0.39 is 0 Å². The van der Waals surface area contributed by atoms with E-state index in [1.807, 2.05) is 6.92 Å². The first-order valence-electron chi connectivity index (χ1n) is 6.06. The first-order valence-corrected chi connectivity index (χ1v) is 6.06. The van der Waals surface area contributed by atoms with Crippen molar-refractivity contribution in [3.05, 3.63) is 0 Å². The Morgan fingerprint density at radius 3 is 2.60 bits per heavy atom. The summed E-state index contributed by atoms with van der Waals surface area (Å²) in [5.74, 6) is 0.816. The average molecular weight is 214 g/mol. The van der Waals surface area contributed by atoms with Crippen molar-refractivity contribution in [2.75, 3.05) is 33.7 Å². The summed E-state index contributed by atoms with van der Waals surface area (Å²) in [6.45, 7) is 7.70. The van der Waals surface area contributed by atoms with Gasteiger partial charge in [-0.1, -0.05) is 0 Å². The van der Waals surface area contributed by atoms with Crippen molar-refractivity contribution in [2.24, 2.45) is 5.92 Å². The predicted octanol–water partition coefficient (Wildman–Crippen LogP) is 1.03. The Morgan fingerprint density at radius 2 is 2.13 bits per heavy atom. The predicted molar refractivity (Wildman–Crippen MR) is 64.0 cm³/mol. The Hall–Kier alpha value is -0.120. The molecule has 1 N–H and O–H groups in total. The van der Waals surface area contributed by atoms with Crippen LogP contribution >= 0.6 is 0 Å². The van der Waals surface area contributed by atoms with Crippen molar-refractivity contribution in [2.45, 2.75) is 38.8 Å². The zero-order chi connectivity index (χ0) is 11.4. The molecule has 0 saturated carbocycles. The van der Waals surface area contributed by atoms with Gasteiger partial charge in [0.1, 0.15) is 0 Å². The number of aliphatic hydroxyl groups is 1. The molecule has 1 aliphatic rings. The van der Waals surface area contributed by atoms with Crippen LogP contribution in [0.2, 0.25) is 0 Å². The molecule has 1 saturated heterocycles. The molecule has 90 valence electrons. The Kier molecular flexibility index (Phi) is 5.03. The lowest BCUT2D eigenvalue weighted by atomic mass is 10.1. The fraction of sp³-hybridized carbons (Fsp3) is 1.00. The van der Waals surface area contributed by atoms with Gasteiger partial charge in [0.25, 0.3) is 0 Å². The summed E-state index contributed by atoms with van der Waals surface area (Å²) >= 11 is 0. The second-order valence-corrected chi connectivity index (χ2v) is 5.29. The maximum absolute atomic E-state index is 9.34. The van der Waals surface area contributed by atoms with E-state index in [9.17, 15) is 5.11 Å². The van der Waals surface area contributed by atoms with Crippen LogP contribution in [-0.4, -0.2) is 60.8 Å². The molecule has 15 heavy (non-hydrogen) atoms. The van der Waals surface area contributed by atoms with E-state index >= 15 is 0 Å². The minimum Gasteiger partial charge on any atom is -0.393 e. The fourth-order valence-corrected chi connectivity index (χ4v) is 2.44. The Labute approximate surface area is 94.1 Å². The molecule has 0 aromatic heterocycles. The normalized spacial score (nSPS) is 27.2. The molecule has 0 aromatic rings. The van der Waals surface area contributed by atoms with Crippen LogP contribution < -0.4 is 0 Å². The van der Waals surface area contributed by atoms with Crippen LogP contribution in [-0.2, 0) is 0 Å². The third-order valence-electron chi connectivity index (χ3n) is 3.47. The average Bonchev–Trinajstić information content (AvgIpc) is 2.50. The molecule has 0 bridgehead atoms. The van der Waals surface area contributed by atoms with Gasteiger partial charge in [0.2, 0.25) is 0 Å². The van der Waals surface area contributed by atoms with E-state index in [2.05, 4.69) is 30.8 Å². The van der Waals surface area contributed by atoms with E-state index in [0.717, 1.165) is 18.9 Å². The summed E-state index contributed by atoms with van der Waals surface area (Å²) in [6.07, 6.45) is 2.01. The highest BCUT2D eigenvalue weighted by molar-refractivity contribution is 4.77.